The smallest absolute Gasteiger partial charge is 0.240 e. The Morgan fingerprint density at radius 1 is 1.16 bits per heavy atom. The number of methoxy groups -OCH3 is 2. The monoisotopic (exact) mass is 354 g/mol. The zero-order valence-corrected chi connectivity index (χ0v) is 15.1. The Bertz CT molecular complexity index is 838. The fraction of sp³-hybridized carbons (Fsp3) is 0.263. The van der Waals surface area contributed by atoms with E-state index in [-0.39, 0.29) is 11.2 Å². The highest BCUT2D eigenvalue weighted by Gasteiger charge is 2.31. The van der Waals surface area contributed by atoms with Crippen LogP contribution in [0.1, 0.15) is 18.1 Å². The number of benzene rings is 2. The number of hydrogen-bond acceptors (Lipinski definition) is 5. The fourth-order valence-electron chi connectivity index (χ4n) is 2.78. The standard InChI is InChI=1S/C19H18N2O3S/c1-12-19(22)21(17-8-13(10-20)4-5-18(17)25-12)11-14-6-15(23-2)9-16(7-14)24-3/h4-9,12H,11H2,1-3H3. The summed E-state index contributed by atoms with van der Waals surface area (Å²) in [5.41, 5.74) is 2.21. The molecule has 0 spiro atoms. The van der Waals surface area contributed by atoms with Gasteiger partial charge in [0.05, 0.1) is 43.3 Å². The second kappa shape index (κ2) is 7.08. The molecule has 0 saturated carbocycles. The molecule has 1 aliphatic heterocycles. The van der Waals surface area contributed by atoms with Gasteiger partial charge in [0.25, 0.3) is 0 Å². The van der Waals surface area contributed by atoms with Gasteiger partial charge in [0.1, 0.15) is 11.5 Å². The van der Waals surface area contributed by atoms with E-state index in [2.05, 4.69) is 6.07 Å². The van der Waals surface area contributed by atoms with Gasteiger partial charge < -0.3 is 14.4 Å². The van der Waals surface area contributed by atoms with E-state index in [0.29, 0.717) is 23.6 Å². The number of rotatable bonds is 4. The van der Waals surface area contributed by atoms with Crippen LogP contribution in [0.2, 0.25) is 0 Å². The lowest BCUT2D eigenvalue weighted by Crippen LogP contribution is -2.39. The highest BCUT2D eigenvalue weighted by Crippen LogP contribution is 2.40. The summed E-state index contributed by atoms with van der Waals surface area (Å²) < 4.78 is 10.6. The van der Waals surface area contributed by atoms with E-state index >= 15 is 0 Å². The van der Waals surface area contributed by atoms with Crippen molar-refractivity contribution < 1.29 is 14.3 Å². The second-order valence-electron chi connectivity index (χ2n) is 5.70. The van der Waals surface area contributed by atoms with E-state index in [1.807, 2.05) is 25.1 Å². The lowest BCUT2D eigenvalue weighted by molar-refractivity contribution is -0.118. The second-order valence-corrected chi connectivity index (χ2v) is 7.08. The molecule has 1 aliphatic rings. The van der Waals surface area contributed by atoms with E-state index in [4.69, 9.17) is 9.47 Å². The number of thioether (sulfide) groups is 1. The molecule has 0 aliphatic carbocycles. The average Bonchev–Trinajstić information content (AvgIpc) is 2.64. The van der Waals surface area contributed by atoms with E-state index in [0.717, 1.165) is 16.1 Å². The maximum atomic E-state index is 12.8. The SMILES string of the molecule is COc1cc(CN2C(=O)C(C)Sc3ccc(C#N)cc32)cc(OC)c1. The van der Waals surface area contributed by atoms with Crippen molar-refractivity contribution in [2.24, 2.45) is 0 Å². The van der Waals surface area contributed by atoms with Gasteiger partial charge in [-0.25, -0.2) is 0 Å². The normalized spacial score (nSPS) is 16.2. The quantitative estimate of drug-likeness (QED) is 0.839. The van der Waals surface area contributed by atoms with Crippen molar-refractivity contribution in [3.8, 4) is 17.6 Å². The number of anilines is 1. The molecule has 1 amide bonds. The van der Waals surface area contributed by atoms with E-state index in [1.165, 1.54) is 11.8 Å². The average molecular weight is 354 g/mol. The van der Waals surface area contributed by atoms with Crippen molar-refractivity contribution in [2.45, 2.75) is 23.6 Å². The summed E-state index contributed by atoms with van der Waals surface area (Å²) in [5, 5.41) is 9.00. The minimum absolute atomic E-state index is 0.0226. The molecule has 2 aromatic carbocycles. The number of hydrogen-bond donors (Lipinski definition) is 0. The largest absolute Gasteiger partial charge is 0.497 e. The Morgan fingerprint density at radius 3 is 2.44 bits per heavy atom. The summed E-state index contributed by atoms with van der Waals surface area (Å²) in [7, 11) is 3.19. The van der Waals surface area contributed by atoms with Crippen molar-refractivity contribution in [3.63, 3.8) is 0 Å². The molecular weight excluding hydrogens is 336 g/mol. The summed E-state index contributed by atoms with van der Waals surface area (Å²) >= 11 is 1.52. The van der Waals surface area contributed by atoms with Gasteiger partial charge in [-0.05, 0) is 42.8 Å². The molecule has 0 N–H and O–H groups in total. The van der Waals surface area contributed by atoms with Gasteiger partial charge >= 0.3 is 0 Å². The van der Waals surface area contributed by atoms with E-state index < -0.39 is 0 Å². The molecule has 128 valence electrons. The first-order valence-corrected chi connectivity index (χ1v) is 8.68. The minimum atomic E-state index is -0.173. The summed E-state index contributed by atoms with van der Waals surface area (Å²) in [5.74, 6) is 1.37. The van der Waals surface area contributed by atoms with Gasteiger partial charge in [0, 0.05) is 11.0 Å². The first-order valence-electron chi connectivity index (χ1n) is 7.80. The molecule has 0 saturated heterocycles. The molecule has 25 heavy (non-hydrogen) atoms. The van der Waals surface area contributed by atoms with Crippen molar-refractivity contribution in [2.75, 3.05) is 19.1 Å². The van der Waals surface area contributed by atoms with Gasteiger partial charge in [0.2, 0.25) is 5.91 Å². The Morgan fingerprint density at radius 2 is 1.84 bits per heavy atom. The Balaban J connectivity index is 2.02. The summed E-state index contributed by atoms with van der Waals surface area (Å²) in [6, 6.07) is 13.1. The first kappa shape index (κ1) is 17.2. The van der Waals surface area contributed by atoms with Crippen LogP contribution in [0.25, 0.3) is 0 Å². The number of fused-ring (bicyclic) bond motifs is 1. The predicted molar refractivity (Wildman–Crippen MR) is 97.2 cm³/mol. The molecule has 3 rings (SSSR count). The molecule has 0 fully saturated rings. The molecule has 0 radical (unpaired) electrons. The number of carbonyl (C=O) groups is 1. The van der Waals surface area contributed by atoms with Gasteiger partial charge in [-0.1, -0.05) is 0 Å². The highest BCUT2D eigenvalue weighted by molar-refractivity contribution is 8.00. The molecule has 1 heterocycles. The predicted octanol–water partition coefficient (Wildman–Crippen LogP) is 3.60. The van der Waals surface area contributed by atoms with Crippen LogP contribution >= 0.6 is 11.8 Å². The van der Waals surface area contributed by atoms with Crippen LogP contribution in [0, 0.1) is 11.3 Å². The lowest BCUT2D eigenvalue weighted by Gasteiger charge is -2.32. The maximum Gasteiger partial charge on any atom is 0.240 e. The number of nitriles is 1. The number of carbonyl (C=O) groups excluding carboxylic acids is 1. The third kappa shape index (κ3) is 3.42. The fourth-order valence-corrected chi connectivity index (χ4v) is 3.83. The Labute approximate surface area is 151 Å². The maximum absolute atomic E-state index is 12.8. The van der Waals surface area contributed by atoms with Crippen LogP contribution in [0.3, 0.4) is 0 Å². The third-order valence-corrected chi connectivity index (χ3v) is 5.20. The van der Waals surface area contributed by atoms with Crippen molar-refractivity contribution in [3.05, 3.63) is 47.5 Å². The van der Waals surface area contributed by atoms with Crippen LogP contribution in [-0.4, -0.2) is 25.4 Å². The summed E-state index contributed by atoms with van der Waals surface area (Å²) in [6.45, 7) is 2.28. The van der Waals surface area contributed by atoms with E-state index in [9.17, 15) is 10.1 Å². The molecule has 1 atom stereocenters. The number of ether oxygens (including phenoxy) is 2. The molecule has 0 aromatic heterocycles. The van der Waals surface area contributed by atoms with Crippen molar-refractivity contribution in [1.29, 1.82) is 5.26 Å². The Kier molecular flexibility index (Phi) is 4.86. The lowest BCUT2D eigenvalue weighted by atomic mass is 10.1. The van der Waals surface area contributed by atoms with Crippen LogP contribution < -0.4 is 14.4 Å². The summed E-state index contributed by atoms with van der Waals surface area (Å²) in [6.07, 6.45) is 0. The number of nitrogens with zero attached hydrogens (tertiary/aromatic N) is 2. The highest BCUT2D eigenvalue weighted by atomic mass is 32.2. The van der Waals surface area contributed by atoms with Gasteiger partial charge in [-0.3, -0.25) is 4.79 Å². The Hall–Kier alpha value is -2.65. The third-order valence-electron chi connectivity index (χ3n) is 4.05. The molecular formula is C19H18N2O3S. The topological polar surface area (TPSA) is 62.6 Å². The molecule has 2 aromatic rings. The van der Waals surface area contributed by atoms with Crippen LogP contribution in [-0.2, 0) is 11.3 Å². The van der Waals surface area contributed by atoms with Crippen LogP contribution in [0.5, 0.6) is 11.5 Å². The zero-order valence-electron chi connectivity index (χ0n) is 14.3. The van der Waals surface area contributed by atoms with Crippen molar-refractivity contribution in [1.82, 2.24) is 0 Å². The van der Waals surface area contributed by atoms with Gasteiger partial charge in [0.15, 0.2) is 0 Å². The molecule has 1 unspecified atom stereocenters. The van der Waals surface area contributed by atoms with E-state index in [1.54, 1.807) is 37.3 Å². The molecule has 6 heteroatoms. The molecule has 5 nitrogen and oxygen atoms in total. The number of amides is 1. The zero-order chi connectivity index (χ0) is 18.0. The van der Waals surface area contributed by atoms with Gasteiger partial charge in [-0.2, -0.15) is 5.26 Å². The van der Waals surface area contributed by atoms with Crippen molar-refractivity contribution >= 4 is 23.4 Å². The minimum Gasteiger partial charge on any atom is -0.497 e. The molecule has 0 bridgehead atoms. The van der Waals surface area contributed by atoms with Gasteiger partial charge in [-0.15, -0.1) is 11.8 Å². The summed E-state index contributed by atoms with van der Waals surface area (Å²) in [4.78, 5) is 15.5. The van der Waals surface area contributed by atoms with Crippen LogP contribution in [0.4, 0.5) is 5.69 Å². The first-order chi connectivity index (χ1) is 12.0. The van der Waals surface area contributed by atoms with Crippen LogP contribution in [0.15, 0.2) is 41.3 Å².